The van der Waals surface area contributed by atoms with E-state index in [9.17, 15) is 5.11 Å². The highest BCUT2D eigenvalue weighted by Crippen LogP contribution is 2.43. The fourth-order valence-electron chi connectivity index (χ4n) is 2.79. The molecule has 0 aromatic heterocycles. The van der Waals surface area contributed by atoms with Gasteiger partial charge in [0, 0.05) is 31.7 Å². The van der Waals surface area contributed by atoms with Crippen LogP contribution in [0, 0.1) is 0 Å². The molecular formula is C15H25ClN2O4. The van der Waals surface area contributed by atoms with Gasteiger partial charge in [-0.1, -0.05) is 0 Å². The van der Waals surface area contributed by atoms with Gasteiger partial charge in [-0.3, -0.25) is 4.90 Å². The zero-order valence-electron chi connectivity index (χ0n) is 13.3. The number of halogens is 1. The van der Waals surface area contributed by atoms with E-state index in [0.29, 0.717) is 17.2 Å². The van der Waals surface area contributed by atoms with Crippen LogP contribution in [-0.4, -0.2) is 64.1 Å². The lowest BCUT2D eigenvalue weighted by molar-refractivity contribution is 0.108. The highest BCUT2D eigenvalue weighted by molar-refractivity contribution is 5.85. The van der Waals surface area contributed by atoms with Crippen molar-refractivity contribution >= 4 is 12.4 Å². The highest BCUT2D eigenvalue weighted by Gasteiger charge is 2.27. The summed E-state index contributed by atoms with van der Waals surface area (Å²) in [5.41, 5.74) is 0.916. The lowest BCUT2D eigenvalue weighted by Crippen LogP contribution is -2.46. The summed E-state index contributed by atoms with van der Waals surface area (Å²) in [7, 11) is 4.78. The van der Waals surface area contributed by atoms with E-state index in [1.54, 1.807) is 21.3 Å². The molecule has 1 aromatic carbocycles. The monoisotopic (exact) mass is 332 g/mol. The molecule has 2 rings (SSSR count). The molecule has 1 aromatic rings. The summed E-state index contributed by atoms with van der Waals surface area (Å²) in [5, 5.41) is 13.2. The van der Waals surface area contributed by atoms with Gasteiger partial charge in [-0.05, 0) is 12.1 Å². The maximum Gasteiger partial charge on any atom is 0.203 e. The fourth-order valence-corrected chi connectivity index (χ4v) is 2.79. The number of aliphatic hydroxyl groups is 1. The van der Waals surface area contributed by atoms with E-state index in [1.165, 1.54) is 0 Å². The van der Waals surface area contributed by atoms with Crippen molar-refractivity contribution in [3.05, 3.63) is 17.7 Å². The van der Waals surface area contributed by atoms with E-state index in [4.69, 9.17) is 14.2 Å². The van der Waals surface area contributed by atoms with Gasteiger partial charge >= 0.3 is 0 Å². The molecule has 1 atom stereocenters. The molecule has 1 fully saturated rings. The van der Waals surface area contributed by atoms with Gasteiger partial charge in [-0.25, -0.2) is 0 Å². The van der Waals surface area contributed by atoms with Crippen LogP contribution < -0.4 is 19.5 Å². The Labute approximate surface area is 137 Å². The van der Waals surface area contributed by atoms with Crippen LogP contribution in [-0.2, 0) is 0 Å². The molecule has 2 N–H and O–H groups in total. The minimum absolute atomic E-state index is 0. The molecule has 0 amide bonds. The molecule has 0 aliphatic carbocycles. The minimum Gasteiger partial charge on any atom is -0.493 e. The maximum absolute atomic E-state index is 9.85. The van der Waals surface area contributed by atoms with Crippen LogP contribution in [0.2, 0.25) is 0 Å². The number of aliphatic hydroxyl groups excluding tert-OH is 1. The van der Waals surface area contributed by atoms with Crippen LogP contribution in [0.15, 0.2) is 12.1 Å². The SMILES string of the molecule is COc1ccc([C@H](CO)N2CCNCC2)c(OC)c1OC.Cl. The van der Waals surface area contributed by atoms with Crippen LogP contribution >= 0.6 is 12.4 Å². The zero-order valence-corrected chi connectivity index (χ0v) is 14.1. The summed E-state index contributed by atoms with van der Waals surface area (Å²) in [4.78, 5) is 2.25. The molecule has 126 valence electrons. The molecule has 0 radical (unpaired) electrons. The standard InChI is InChI=1S/C15H24N2O4.ClH/c1-19-13-5-4-11(14(20-2)15(13)21-3)12(10-18)17-8-6-16-7-9-17;/h4-5,12,16,18H,6-10H2,1-3H3;1H/t12-;/m0./s1. The van der Waals surface area contributed by atoms with E-state index >= 15 is 0 Å². The summed E-state index contributed by atoms with van der Waals surface area (Å²) in [6.07, 6.45) is 0. The van der Waals surface area contributed by atoms with Gasteiger partial charge < -0.3 is 24.6 Å². The normalized spacial score (nSPS) is 16.5. The summed E-state index contributed by atoms with van der Waals surface area (Å²) < 4.78 is 16.2. The van der Waals surface area contributed by atoms with E-state index in [1.807, 2.05) is 12.1 Å². The van der Waals surface area contributed by atoms with Crippen molar-refractivity contribution in [3.63, 3.8) is 0 Å². The van der Waals surface area contributed by atoms with Crippen molar-refractivity contribution in [3.8, 4) is 17.2 Å². The largest absolute Gasteiger partial charge is 0.493 e. The third-order valence-electron chi connectivity index (χ3n) is 3.86. The Kier molecular flexibility index (Phi) is 7.75. The van der Waals surface area contributed by atoms with Crippen LogP contribution in [0.5, 0.6) is 17.2 Å². The Morgan fingerprint density at radius 3 is 2.23 bits per heavy atom. The van der Waals surface area contributed by atoms with Crippen molar-refractivity contribution in [2.24, 2.45) is 0 Å². The smallest absolute Gasteiger partial charge is 0.203 e. The summed E-state index contributed by atoms with van der Waals surface area (Å²) in [6.45, 7) is 3.66. The average Bonchev–Trinajstić information content (AvgIpc) is 2.55. The summed E-state index contributed by atoms with van der Waals surface area (Å²) in [6, 6.07) is 3.67. The number of rotatable bonds is 6. The van der Waals surface area contributed by atoms with Crippen LogP contribution in [0.25, 0.3) is 0 Å². The lowest BCUT2D eigenvalue weighted by atomic mass is 10.0. The van der Waals surface area contributed by atoms with E-state index in [-0.39, 0.29) is 25.1 Å². The van der Waals surface area contributed by atoms with Gasteiger partial charge in [0.2, 0.25) is 5.75 Å². The first-order valence-corrected chi connectivity index (χ1v) is 7.11. The number of nitrogens with zero attached hydrogens (tertiary/aromatic N) is 1. The van der Waals surface area contributed by atoms with Crippen molar-refractivity contribution in [1.29, 1.82) is 0 Å². The quantitative estimate of drug-likeness (QED) is 0.812. The number of hydrogen-bond donors (Lipinski definition) is 2. The molecule has 0 unspecified atom stereocenters. The Balaban J connectivity index is 0.00000242. The van der Waals surface area contributed by atoms with Gasteiger partial charge in [0.25, 0.3) is 0 Å². The minimum atomic E-state index is -0.109. The Morgan fingerprint density at radius 2 is 1.73 bits per heavy atom. The first kappa shape index (κ1) is 18.8. The molecule has 1 saturated heterocycles. The van der Waals surface area contributed by atoms with Crippen molar-refractivity contribution in [2.45, 2.75) is 6.04 Å². The Morgan fingerprint density at radius 1 is 1.09 bits per heavy atom. The highest BCUT2D eigenvalue weighted by atomic mass is 35.5. The summed E-state index contributed by atoms with van der Waals surface area (Å²) >= 11 is 0. The molecular weight excluding hydrogens is 308 g/mol. The second kappa shape index (κ2) is 9.05. The first-order valence-electron chi connectivity index (χ1n) is 7.11. The van der Waals surface area contributed by atoms with Crippen molar-refractivity contribution < 1.29 is 19.3 Å². The third-order valence-corrected chi connectivity index (χ3v) is 3.86. The van der Waals surface area contributed by atoms with Gasteiger partial charge in [-0.15, -0.1) is 12.4 Å². The predicted octanol–water partition coefficient (Wildman–Crippen LogP) is 1.07. The van der Waals surface area contributed by atoms with Gasteiger partial charge in [0.15, 0.2) is 11.5 Å². The van der Waals surface area contributed by atoms with E-state index < -0.39 is 0 Å². The number of hydrogen-bond acceptors (Lipinski definition) is 6. The molecule has 0 saturated carbocycles. The van der Waals surface area contributed by atoms with Crippen LogP contribution in [0.4, 0.5) is 0 Å². The zero-order chi connectivity index (χ0) is 15.2. The van der Waals surface area contributed by atoms with Gasteiger partial charge in [-0.2, -0.15) is 0 Å². The number of ether oxygens (including phenoxy) is 3. The Hall–Kier alpha value is -1.21. The second-order valence-corrected chi connectivity index (χ2v) is 4.91. The molecule has 1 aliphatic heterocycles. The molecule has 1 heterocycles. The van der Waals surface area contributed by atoms with E-state index in [2.05, 4.69) is 10.2 Å². The number of benzene rings is 1. The number of methoxy groups -OCH3 is 3. The van der Waals surface area contributed by atoms with Crippen LogP contribution in [0.3, 0.4) is 0 Å². The predicted molar refractivity (Wildman–Crippen MR) is 87.6 cm³/mol. The second-order valence-electron chi connectivity index (χ2n) is 4.91. The fraction of sp³-hybridized carbons (Fsp3) is 0.600. The third kappa shape index (κ3) is 3.76. The molecule has 7 heteroatoms. The maximum atomic E-state index is 9.85. The molecule has 1 aliphatic rings. The van der Waals surface area contributed by atoms with Gasteiger partial charge in [0.05, 0.1) is 34.0 Å². The first-order chi connectivity index (χ1) is 10.3. The average molecular weight is 333 g/mol. The molecule has 6 nitrogen and oxygen atoms in total. The van der Waals surface area contributed by atoms with E-state index in [0.717, 1.165) is 31.7 Å². The van der Waals surface area contributed by atoms with Crippen LogP contribution in [0.1, 0.15) is 11.6 Å². The number of nitrogens with one attached hydrogen (secondary N) is 1. The Bertz CT molecular complexity index is 467. The summed E-state index contributed by atoms with van der Waals surface area (Å²) in [5.74, 6) is 1.80. The van der Waals surface area contributed by atoms with Gasteiger partial charge in [0.1, 0.15) is 0 Å². The molecule has 0 spiro atoms. The van der Waals surface area contributed by atoms with Crippen molar-refractivity contribution in [2.75, 3.05) is 54.1 Å². The molecule has 0 bridgehead atoms. The van der Waals surface area contributed by atoms with Crippen molar-refractivity contribution in [1.82, 2.24) is 10.2 Å². The topological polar surface area (TPSA) is 63.2 Å². The molecule has 22 heavy (non-hydrogen) atoms. The lowest BCUT2D eigenvalue weighted by Gasteiger charge is -2.35. The number of piperazine rings is 1.